The molecule has 3 aromatic carbocycles. The molecule has 0 unspecified atom stereocenters. The number of likely N-dealkylation sites (N-methyl/N-ethyl adjacent to an activating group) is 1. The number of amides is 1. The van der Waals surface area contributed by atoms with Crippen molar-refractivity contribution in [2.75, 3.05) is 44.7 Å². The molecule has 1 amide bonds. The van der Waals surface area contributed by atoms with Gasteiger partial charge in [-0.25, -0.2) is 14.8 Å². The third-order valence-electron chi connectivity index (χ3n) is 9.15. The van der Waals surface area contributed by atoms with Crippen LogP contribution in [0.15, 0.2) is 107 Å². The van der Waals surface area contributed by atoms with E-state index in [0.717, 1.165) is 65.4 Å². The lowest BCUT2D eigenvalue weighted by molar-refractivity contribution is 0.112. The Kier molecular flexibility index (Phi) is 9.22. The molecule has 8 nitrogen and oxygen atoms in total. The highest BCUT2D eigenvalue weighted by Gasteiger charge is 2.29. The Morgan fingerprint density at radius 2 is 1.62 bits per heavy atom. The Bertz CT molecular complexity index is 1930. The molecule has 0 saturated carbocycles. The number of nitrogens with zero attached hydrogens (tertiary/aromatic N) is 4. The first-order valence-corrected chi connectivity index (χ1v) is 17.0. The van der Waals surface area contributed by atoms with E-state index in [2.05, 4.69) is 81.5 Å². The number of aryl methyl sites for hydroxylation is 1. The second-order valence-electron chi connectivity index (χ2n) is 12.3. The van der Waals surface area contributed by atoms with Crippen molar-refractivity contribution in [1.29, 1.82) is 0 Å². The SMILES string of the molecule is Cc1cc(-c2ccnc(N3CCN(C)CC3)c2)cc(CNC(=O)OCC2c3ccccc3-c3ccccc32)c1Sc1ncccc1C=O. The van der Waals surface area contributed by atoms with Crippen LogP contribution in [0.2, 0.25) is 0 Å². The van der Waals surface area contributed by atoms with Crippen molar-refractivity contribution in [2.24, 2.45) is 0 Å². The van der Waals surface area contributed by atoms with Gasteiger partial charge in [-0.2, -0.15) is 0 Å². The van der Waals surface area contributed by atoms with Gasteiger partial charge in [0.05, 0.1) is 0 Å². The average Bonchev–Trinajstić information content (AvgIpc) is 3.45. The van der Waals surface area contributed by atoms with Gasteiger partial charge in [0.15, 0.2) is 6.29 Å². The van der Waals surface area contributed by atoms with Gasteiger partial charge in [0.2, 0.25) is 0 Å². The number of carbonyl (C=O) groups excluding carboxylic acids is 2. The van der Waals surface area contributed by atoms with E-state index in [-0.39, 0.29) is 19.1 Å². The molecule has 0 radical (unpaired) electrons. The summed E-state index contributed by atoms with van der Waals surface area (Å²) in [5.41, 5.74) is 9.23. The van der Waals surface area contributed by atoms with Crippen LogP contribution < -0.4 is 10.2 Å². The van der Waals surface area contributed by atoms with Gasteiger partial charge in [0.25, 0.3) is 0 Å². The molecule has 242 valence electrons. The van der Waals surface area contributed by atoms with Crippen molar-refractivity contribution in [3.63, 3.8) is 0 Å². The van der Waals surface area contributed by atoms with E-state index < -0.39 is 6.09 Å². The summed E-state index contributed by atoms with van der Waals surface area (Å²) in [6.07, 6.45) is 3.89. The van der Waals surface area contributed by atoms with Crippen LogP contribution in [0.5, 0.6) is 0 Å². The Morgan fingerprint density at radius 3 is 2.35 bits per heavy atom. The second-order valence-corrected chi connectivity index (χ2v) is 13.3. The Balaban J connectivity index is 1.13. The first-order chi connectivity index (χ1) is 23.5. The monoisotopic (exact) mass is 655 g/mol. The molecule has 0 bridgehead atoms. The predicted octanol–water partition coefficient (Wildman–Crippen LogP) is 7.21. The first-order valence-electron chi connectivity index (χ1n) is 16.2. The van der Waals surface area contributed by atoms with Crippen LogP contribution in [-0.4, -0.2) is 67.1 Å². The highest BCUT2D eigenvalue weighted by molar-refractivity contribution is 7.99. The number of hydrogen-bond acceptors (Lipinski definition) is 8. The second kappa shape index (κ2) is 14.0. The van der Waals surface area contributed by atoms with Crippen LogP contribution in [-0.2, 0) is 11.3 Å². The first kappa shape index (κ1) is 31.6. The van der Waals surface area contributed by atoms with Crippen LogP contribution in [0.1, 0.15) is 38.5 Å². The van der Waals surface area contributed by atoms with Gasteiger partial charge in [-0.15, -0.1) is 0 Å². The number of alkyl carbamates (subject to hydrolysis) is 1. The zero-order valence-electron chi connectivity index (χ0n) is 27.1. The summed E-state index contributed by atoms with van der Waals surface area (Å²) in [6, 6.07) is 28.5. The zero-order valence-corrected chi connectivity index (χ0v) is 27.9. The average molecular weight is 656 g/mol. The summed E-state index contributed by atoms with van der Waals surface area (Å²) < 4.78 is 5.86. The van der Waals surface area contributed by atoms with Gasteiger partial charge in [0, 0.05) is 61.5 Å². The van der Waals surface area contributed by atoms with E-state index in [0.29, 0.717) is 10.6 Å². The molecule has 0 atom stereocenters. The van der Waals surface area contributed by atoms with E-state index >= 15 is 0 Å². The molecule has 3 heterocycles. The molecule has 1 fully saturated rings. The minimum absolute atomic E-state index is 0.0213. The number of rotatable bonds is 9. The van der Waals surface area contributed by atoms with E-state index in [1.807, 2.05) is 36.5 Å². The fourth-order valence-electron chi connectivity index (χ4n) is 6.59. The number of fused-ring (bicyclic) bond motifs is 3. The molecule has 1 aliphatic heterocycles. The number of aldehydes is 1. The number of ether oxygens (including phenoxy) is 1. The molecule has 9 heteroatoms. The third-order valence-corrected chi connectivity index (χ3v) is 10.5. The molecule has 1 aliphatic carbocycles. The molecule has 5 aromatic rings. The fourth-order valence-corrected chi connectivity index (χ4v) is 7.61. The lowest BCUT2D eigenvalue weighted by Crippen LogP contribution is -2.44. The minimum Gasteiger partial charge on any atom is -0.449 e. The fraction of sp³-hybridized carbons (Fsp3) is 0.231. The smallest absolute Gasteiger partial charge is 0.407 e. The molecular formula is C39H37N5O3S. The summed E-state index contributed by atoms with van der Waals surface area (Å²) in [4.78, 5) is 39.8. The molecule has 2 aromatic heterocycles. The third kappa shape index (κ3) is 6.56. The summed E-state index contributed by atoms with van der Waals surface area (Å²) in [7, 11) is 2.14. The van der Waals surface area contributed by atoms with Crippen LogP contribution >= 0.6 is 11.8 Å². The molecule has 7 rings (SSSR count). The lowest BCUT2D eigenvalue weighted by atomic mass is 9.98. The number of benzene rings is 3. The van der Waals surface area contributed by atoms with E-state index in [1.165, 1.54) is 34.0 Å². The van der Waals surface area contributed by atoms with Crippen molar-refractivity contribution < 1.29 is 14.3 Å². The number of aromatic nitrogens is 2. The van der Waals surface area contributed by atoms with Crippen molar-refractivity contribution in [3.05, 3.63) is 125 Å². The maximum absolute atomic E-state index is 13.2. The van der Waals surface area contributed by atoms with E-state index in [4.69, 9.17) is 4.74 Å². The number of hydrogen-bond donors (Lipinski definition) is 1. The molecular weight excluding hydrogens is 619 g/mol. The van der Waals surface area contributed by atoms with Crippen molar-refractivity contribution in [1.82, 2.24) is 20.2 Å². The highest BCUT2D eigenvalue weighted by Crippen LogP contribution is 2.44. The molecule has 1 saturated heterocycles. The summed E-state index contributed by atoms with van der Waals surface area (Å²) in [5.74, 6) is 0.936. The van der Waals surface area contributed by atoms with Gasteiger partial charge < -0.3 is 19.9 Å². The van der Waals surface area contributed by atoms with Crippen molar-refractivity contribution >= 4 is 30.0 Å². The van der Waals surface area contributed by atoms with Crippen LogP contribution in [0, 0.1) is 6.92 Å². The molecule has 0 spiro atoms. The number of pyridine rings is 2. The maximum atomic E-state index is 13.2. The summed E-state index contributed by atoms with van der Waals surface area (Å²) in [6.45, 7) is 6.39. The van der Waals surface area contributed by atoms with Gasteiger partial charge in [-0.3, -0.25) is 4.79 Å². The summed E-state index contributed by atoms with van der Waals surface area (Å²) >= 11 is 1.43. The minimum atomic E-state index is -0.483. The number of piperazine rings is 1. The number of anilines is 1. The van der Waals surface area contributed by atoms with Gasteiger partial charge in [0.1, 0.15) is 17.5 Å². The van der Waals surface area contributed by atoms with Gasteiger partial charge in [-0.1, -0.05) is 66.4 Å². The molecule has 48 heavy (non-hydrogen) atoms. The van der Waals surface area contributed by atoms with Crippen molar-refractivity contribution in [3.8, 4) is 22.3 Å². The van der Waals surface area contributed by atoms with Crippen LogP contribution in [0.4, 0.5) is 10.6 Å². The highest BCUT2D eigenvalue weighted by atomic mass is 32.2. The topological polar surface area (TPSA) is 87.7 Å². The van der Waals surface area contributed by atoms with Gasteiger partial charge >= 0.3 is 6.09 Å². The molecule has 1 N–H and O–H groups in total. The van der Waals surface area contributed by atoms with Crippen LogP contribution in [0.25, 0.3) is 22.3 Å². The van der Waals surface area contributed by atoms with Gasteiger partial charge in [-0.05, 0) is 88.8 Å². The largest absolute Gasteiger partial charge is 0.449 e. The normalized spacial score (nSPS) is 14.3. The van der Waals surface area contributed by atoms with E-state index in [1.54, 1.807) is 18.3 Å². The quantitative estimate of drug-likeness (QED) is 0.167. The van der Waals surface area contributed by atoms with Crippen LogP contribution in [0.3, 0.4) is 0 Å². The number of carbonyl (C=O) groups is 2. The Morgan fingerprint density at radius 1 is 0.896 bits per heavy atom. The predicted molar refractivity (Wildman–Crippen MR) is 190 cm³/mol. The maximum Gasteiger partial charge on any atom is 0.407 e. The molecule has 2 aliphatic rings. The lowest BCUT2D eigenvalue weighted by Gasteiger charge is -2.33. The van der Waals surface area contributed by atoms with Crippen molar-refractivity contribution in [2.45, 2.75) is 29.3 Å². The summed E-state index contributed by atoms with van der Waals surface area (Å²) in [5, 5.41) is 3.63. The Hall–Kier alpha value is -4.99. The van der Waals surface area contributed by atoms with E-state index in [9.17, 15) is 9.59 Å². The standard InChI is InChI=1S/C39H37N5O3S/c1-26-20-29(27-13-15-40-36(22-27)44-18-16-43(2)17-19-44)21-30(37(26)48-38-28(24-45)8-7-14-41-38)23-42-39(46)47-25-35-33-11-5-3-9-31(33)32-10-4-6-12-34(32)35/h3-15,20-22,24,35H,16-19,23,25H2,1-2H3,(H,42,46). The zero-order chi connectivity index (χ0) is 33.0. The Labute approximate surface area is 285 Å². The number of nitrogens with one attached hydrogen (secondary N) is 1.